The van der Waals surface area contributed by atoms with Crippen LogP contribution in [0.25, 0.3) is 0 Å². The van der Waals surface area contributed by atoms with Gasteiger partial charge >= 0.3 is 5.97 Å². The molecule has 1 heterocycles. The Morgan fingerprint density at radius 1 is 1.32 bits per heavy atom. The highest BCUT2D eigenvalue weighted by atomic mass is 32.2. The number of carbonyl (C=O) groups is 3. The monoisotopic (exact) mass is 366 g/mol. The van der Waals surface area contributed by atoms with Gasteiger partial charge in [-0.3, -0.25) is 9.59 Å². The zero-order valence-corrected chi connectivity index (χ0v) is 14.9. The van der Waals surface area contributed by atoms with E-state index >= 15 is 0 Å². The Morgan fingerprint density at radius 2 is 2.04 bits per heavy atom. The molecule has 2 amide bonds. The van der Waals surface area contributed by atoms with Crippen molar-refractivity contribution in [2.24, 2.45) is 0 Å². The summed E-state index contributed by atoms with van der Waals surface area (Å²) in [6.07, 6.45) is 1.05. The van der Waals surface area contributed by atoms with Crippen LogP contribution in [0.3, 0.4) is 0 Å². The van der Waals surface area contributed by atoms with Crippen LogP contribution in [0.2, 0.25) is 0 Å². The molecule has 1 aliphatic rings. The summed E-state index contributed by atoms with van der Waals surface area (Å²) in [7, 11) is 0. The minimum absolute atomic E-state index is 0.00194. The number of carboxylic acids is 1. The normalized spacial score (nSPS) is 16.5. The molecule has 1 saturated heterocycles. The summed E-state index contributed by atoms with van der Waals surface area (Å²) in [6.45, 7) is 1.90. The summed E-state index contributed by atoms with van der Waals surface area (Å²) in [5.41, 5.74) is 1.00. The maximum atomic E-state index is 12.3. The molecule has 0 aromatic heterocycles. The standard InChI is InChI=1S/C17H22N2O5S/c1-2-15(20)19-11-25-10-14(19)17(23)18-8-7-12-3-5-13(6-4-12)24-9-16(21)22/h3-6,14H,2,7-11H2,1H3,(H,18,23)(H,21,22). The van der Waals surface area contributed by atoms with E-state index in [1.165, 1.54) is 0 Å². The molecule has 1 fully saturated rings. The number of benzene rings is 1. The third-order valence-electron chi connectivity index (χ3n) is 3.81. The van der Waals surface area contributed by atoms with E-state index in [-0.39, 0.29) is 24.5 Å². The van der Waals surface area contributed by atoms with E-state index in [2.05, 4.69) is 5.32 Å². The van der Waals surface area contributed by atoms with E-state index in [4.69, 9.17) is 9.84 Å². The van der Waals surface area contributed by atoms with Crippen molar-refractivity contribution in [1.82, 2.24) is 10.2 Å². The molecule has 1 atom stereocenters. The second-order valence-corrected chi connectivity index (χ2v) is 6.60. The van der Waals surface area contributed by atoms with Gasteiger partial charge in [-0.1, -0.05) is 19.1 Å². The molecule has 1 unspecified atom stereocenters. The molecular weight excluding hydrogens is 344 g/mol. The summed E-state index contributed by atoms with van der Waals surface area (Å²) in [5, 5.41) is 11.4. The fourth-order valence-electron chi connectivity index (χ4n) is 2.45. The topological polar surface area (TPSA) is 95.9 Å². The van der Waals surface area contributed by atoms with Crippen molar-refractivity contribution in [1.29, 1.82) is 0 Å². The van der Waals surface area contributed by atoms with Gasteiger partial charge in [0, 0.05) is 18.7 Å². The highest BCUT2D eigenvalue weighted by molar-refractivity contribution is 7.99. The second-order valence-electron chi connectivity index (χ2n) is 5.60. The number of thioether (sulfide) groups is 1. The van der Waals surface area contributed by atoms with E-state index in [9.17, 15) is 14.4 Å². The van der Waals surface area contributed by atoms with E-state index in [1.807, 2.05) is 12.1 Å². The summed E-state index contributed by atoms with van der Waals surface area (Å²) in [6, 6.07) is 6.69. The number of ether oxygens (including phenoxy) is 1. The smallest absolute Gasteiger partial charge is 0.341 e. The van der Waals surface area contributed by atoms with Crippen molar-refractivity contribution >= 4 is 29.5 Å². The molecular formula is C17H22N2O5S. The van der Waals surface area contributed by atoms with Crippen LogP contribution in [0, 0.1) is 0 Å². The molecule has 0 bridgehead atoms. The van der Waals surface area contributed by atoms with Crippen molar-refractivity contribution in [3.63, 3.8) is 0 Å². The number of carbonyl (C=O) groups excluding carboxylic acids is 2. The first-order valence-electron chi connectivity index (χ1n) is 8.09. The van der Waals surface area contributed by atoms with Crippen molar-refractivity contribution in [3.05, 3.63) is 29.8 Å². The maximum absolute atomic E-state index is 12.3. The average molecular weight is 366 g/mol. The highest BCUT2D eigenvalue weighted by Crippen LogP contribution is 2.21. The quantitative estimate of drug-likeness (QED) is 0.716. The van der Waals surface area contributed by atoms with Gasteiger partial charge in [0.15, 0.2) is 6.61 Å². The Balaban J connectivity index is 1.77. The lowest BCUT2D eigenvalue weighted by atomic mass is 10.1. The zero-order valence-electron chi connectivity index (χ0n) is 14.1. The van der Waals surface area contributed by atoms with Gasteiger partial charge in [0.25, 0.3) is 0 Å². The summed E-state index contributed by atoms with van der Waals surface area (Å²) in [4.78, 5) is 36.2. The molecule has 8 heteroatoms. The van der Waals surface area contributed by atoms with Crippen LogP contribution in [0.4, 0.5) is 0 Å². The van der Waals surface area contributed by atoms with Crippen LogP contribution >= 0.6 is 11.8 Å². The van der Waals surface area contributed by atoms with Crippen LogP contribution in [-0.4, -0.2) is 58.6 Å². The first kappa shape index (κ1) is 19.1. The van der Waals surface area contributed by atoms with E-state index in [0.717, 1.165) is 5.56 Å². The molecule has 0 spiro atoms. The number of rotatable bonds is 8. The summed E-state index contributed by atoms with van der Waals surface area (Å²) < 4.78 is 5.07. The Hall–Kier alpha value is -2.22. The lowest BCUT2D eigenvalue weighted by Gasteiger charge is -2.22. The Bertz CT molecular complexity index is 620. The van der Waals surface area contributed by atoms with Crippen molar-refractivity contribution in [2.75, 3.05) is 24.8 Å². The van der Waals surface area contributed by atoms with Crippen molar-refractivity contribution in [2.45, 2.75) is 25.8 Å². The predicted molar refractivity (Wildman–Crippen MR) is 94.5 cm³/mol. The van der Waals surface area contributed by atoms with Crippen LogP contribution < -0.4 is 10.1 Å². The number of carboxylic acid groups (broad SMARTS) is 1. The molecule has 1 aliphatic heterocycles. The third kappa shape index (κ3) is 5.67. The van der Waals surface area contributed by atoms with Gasteiger partial charge in [0.05, 0.1) is 5.88 Å². The van der Waals surface area contributed by atoms with Gasteiger partial charge in [-0.2, -0.15) is 0 Å². The van der Waals surface area contributed by atoms with Gasteiger partial charge in [0.1, 0.15) is 11.8 Å². The largest absolute Gasteiger partial charge is 0.482 e. The number of nitrogens with one attached hydrogen (secondary N) is 1. The number of amides is 2. The molecule has 136 valence electrons. The van der Waals surface area contributed by atoms with Crippen LogP contribution in [0.15, 0.2) is 24.3 Å². The molecule has 1 aromatic carbocycles. The Kier molecular flexibility index (Phi) is 7.12. The van der Waals surface area contributed by atoms with Crippen LogP contribution in [0.1, 0.15) is 18.9 Å². The number of aliphatic carboxylic acids is 1. The Labute approximate surface area is 150 Å². The minimum Gasteiger partial charge on any atom is -0.482 e. The van der Waals surface area contributed by atoms with Crippen molar-refractivity contribution < 1.29 is 24.2 Å². The molecule has 25 heavy (non-hydrogen) atoms. The van der Waals surface area contributed by atoms with E-state index < -0.39 is 5.97 Å². The van der Waals surface area contributed by atoms with E-state index in [1.54, 1.807) is 35.7 Å². The minimum atomic E-state index is -1.02. The molecule has 2 N–H and O–H groups in total. The lowest BCUT2D eigenvalue weighted by molar-refractivity contribution is -0.139. The second kappa shape index (κ2) is 9.31. The summed E-state index contributed by atoms with van der Waals surface area (Å²) in [5.74, 6) is 0.560. The predicted octanol–water partition coefficient (Wildman–Crippen LogP) is 1.12. The molecule has 7 nitrogen and oxygen atoms in total. The maximum Gasteiger partial charge on any atom is 0.341 e. The third-order valence-corrected chi connectivity index (χ3v) is 4.82. The van der Waals surface area contributed by atoms with Crippen molar-refractivity contribution in [3.8, 4) is 5.75 Å². The SMILES string of the molecule is CCC(=O)N1CSCC1C(=O)NCCc1ccc(OCC(=O)O)cc1. The summed E-state index contributed by atoms with van der Waals surface area (Å²) >= 11 is 1.59. The first-order chi connectivity index (χ1) is 12.0. The van der Waals surface area contributed by atoms with Gasteiger partial charge in [-0.15, -0.1) is 11.8 Å². The number of hydrogen-bond donors (Lipinski definition) is 2. The molecule has 0 aliphatic carbocycles. The van der Waals surface area contributed by atoms with Crippen LogP contribution in [0.5, 0.6) is 5.75 Å². The Morgan fingerprint density at radius 3 is 2.68 bits per heavy atom. The molecule has 0 saturated carbocycles. The van der Waals surface area contributed by atoms with Gasteiger partial charge in [0.2, 0.25) is 11.8 Å². The number of nitrogens with zero attached hydrogens (tertiary/aromatic N) is 1. The first-order valence-corrected chi connectivity index (χ1v) is 9.25. The highest BCUT2D eigenvalue weighted by Gasteiger charge is 2.33. The van der Waals surface area contributed by atoms with Gasteiger partial charge < -0.3 is 20.1 Å². The lowest BCUT2D eigenvalue weighted by Crippen LogP contribution is -2.47. The molecule has 1 aromatic rings. The molecule has 2 rings (SSSR count). The average Bonchev–Trinajstić information content (AvgIpc) is 3.10. The fourth-order valence-corrected chi connectivity index (χ4v) is 3.63. The van der Waals surface area contributed by atoms with Crippen LogP contribution in [-0.2, 0) is 20.8 Å². The number of hydrogen-bond acceptors (Lipinski definition) is 5. The zero-order chi connectivity index (χ0) is 18.2. The molecule has 0 radical (unpaired) electrons. The van der Waals surface area contributed by atoms with E-state index in [0.29, 0.717) is 36.8 Å². The van der Waals surface area contributed by atoms with Gasteiger partial charge in [-0.05, 0) is 24.1 Å². The fraction of sp³-hybridized carbons (Fsp3) is 0.471. The van der Waals surface area contributed by atoms with Gasteiger partial charge in [-0.25, -0.2) is 4.79 Å².